The van der Waals surface area contributed by atoms with E-state index in [0.717, 1.165) is 32.4 Å². The Labute approximate surface area is 110 Å². The molecule has 0 aliphatic carbocycles. The summed E-state index contributed by atoms with van der Waals surface area (Å²) < 4.78 is 0. The summed E-state index contributed by atoms with van der Waals surface area (Å²) in [5.74, 6) is 0.247. The highest BCUT2D eigenvalue weighted by atomic mass is 16.2. The molecular formula is C14H25N3O. The fraction of sp³-hybridized carbons (Fsp3) is 0.857. The van der Waals surface area contributed by atoms with E-state index in [1.165, 1.54) is 0 Å². The predicted octanol–water partition coefficient (Wildman–Crippen LogP) is 1.92. The minimum atomic E-state index is -0.203. The first-order valence-electron chi connectivity index (χ1n) is 6.96. The Bertz CT molecular complexity index is 313. The molecule has 1 saturated heterocycles. The van der Waals surface area contributed by atoms with E-state index in [-0.39, 0.29) is 17.4 Å². The first-order chi connectivity index (χ1) is 8.57. The quantitative estimate of drug-likeness (QED) is 0.812. The van der Waals surface area contributed by atoms with Crippen LogP contribution in [0.25, 0.3) is 0 Å². The van der Waals surface area contributed by atoms with Gasteiger partial charge in [0.15, 0.2) is 0 Å². The number of nitriles is 1. The van der Waals surface area contributed by atoms with Crippen LogP contribution in [-0.4, -0.2) is 36.5 Å². The summed E-state index contributed by atoms with van der Waals surface area (Å²) in [6, 6.07) is 2.31. The molecular weight excluding hydrogens is 226 g/mol. The molecule has 1 aliphatic rings. The first-order valence-corrected chi connectivity index (χ1v) is 6.96. The van der Waals surface area contributed by atoms with E-state index in [9.17, 15) is 4.79 Å². The summed E-state index contributed by atoms with van der Waals surface area (Å²) in [6.45, 7) is 8.56. The van der Waals surface area contributed by atoms with Crippen molar-refractivity contribution in [2.75, 3.05) is 19.6 Å². The second kappa shape index (κ2) is 6.75. The summed E-state index contributed by atoms with van der Waals surface area (Å²) >= 11 is 0. The molecule has 1 rings (SSSR count). The van der Waals surface area contributed by atoms with Crippen LogP contribution in [0.5, 0.6) is 0 Å². The van der Waals surface area contributed by atoms with Crippen molar-refractivity contribution in [2.24, 2.45) is 5.41 Å². The normalized spacial score (nSPS) is 18.4. The van der Waals surface area contributed by atoms with E-state index >= 15 is 0 Å². The number of hydrogen-bond donors (Lipinski definition) is 1. The van der Waals surface area contributed by atoms with Gasteiger partial charge in [0, 0.05) is 12.6 Å². The summed E-state index contributed by atoms with van der Waals surface area (Å²) in [7, 11) is 0. The molecule has 0 aromatic heterocycles. The van der Waals surface area contributed by atoms with Gasteiger partial charge in [-0.3, -0.25) is 4.79 Å². The number of rotatable bonds is 5. The van der Waals surface area contributed by atoms with E-state index < -0.39 is 0 Å². The van der Waals surface area contributed by atoms with Crippen LogP contribution in [0.3, 0.4) is 0 Å². The van der Waals surface area contributed by atoms with Gasteiger partial charge in [-0.1, -0.05) is 6.92 Å². The predicted molar refractivity (Wildman–Crippen MR) is 71.9 cm³/mol. The molecule has 0 aromatic rings. The average Bonchev–Trinajstić information content (AvgIpc) is 2.39. The molecule has 102 valence electrons. The highest BCUT2D eigenvalue weighted by molar-refractivity contribution is 5.83. The van der Waals surface area contributed by atoms with Crippen LogP contribution in [-0.2, 0) is 4.79 Å². The van der Waals surface area contributed by atoms with Gasteiger partial charge in [0.25, 0.3) is 0 Å². The molecule has 1 aliphatic heterocycles. The molecule has 4 nitrogen and oxygen atoms in total. The monoisotopic (exact) mass is 251 g/mol. The largest absolute Gasteiger partial charge is 0.339 e. The third kappa shape index (κ3) is 3.23. The van der Waals surface area contributed by atoms with Crippen LogP contribution in [0.4, 0.5) is 0 Å². The second-order valence-electron chi connectivity index (χ2n) is 5.38. The van der Waals surface area contributed by atoms with E-state index in [4.69, 9.17) is 5.26 Å². The van der Waals surface area contributed by atoms with Gasteiger partial charge < -0.3 is 10.2 Å². The Morgan fingerprint density at radius 1 is 1.44 bits per heavy atom. The van der Waals surface area contributed by atoms with E-state index in [1.807, 2.05) is 18.7 Å². The molecule has 0 aromatic carbocycles. The number of nitrogens with one attached hydrogen (secondary N) is 1. The Kier molecular flexibility index (Phi) is 5.61. The van der Waals surface area contributed by atoms with Gasteiger partial charge in [-0.15, -0.1) is 0 Å². The summed E-state index contributed by atoms with van der Waals surface area (Å²) in [5, 5.41) is 12.0. The van der Waals surface area contributed by atoms with Crippen molar-refractivity contribution < 1.29 is 4.79 Å². The van der Waals surface area contributed by atoms with Gasteiger partial charge >= 0.3 is 0 Å². The van der Waals surface area contributed by atoms with Crippen molar-refractivity contribution in [3.05, 3.63) is 0 Å². The molecule has 4 heteroatoms. The third-order valence-corrected chi connectivity index (χ3v) is 4.04. The molecule has 0 saturated carbocycles. The van der Waals surface area contributed by atoms with Gasteiger partial charge in [0.1, 0.15) is 0 Å². The number of hydrogen-bond acceptors (Lipinski definition) is 3. The van der Waals surface area contributed by atoms with Crippen molar-refractivity contribution in [3.8, 4) is 6.07 Å². The maximum atomic E-state index is 12.8. The van der Waals surface area contributed by atoms with Gasteiger partial charge in [0.2, 0.25) is 5.91 Å². The Morgan fingerprint density at radius 3 is 2.50 bits per heavy atom. The smallest absolute Gasteiger partial charge is 0.229 e. The molecule has 1 heterocycles. The molecule has 0 atom stereocenters. The lowest BCUT2D eigenvalue weighted by Crippen LogP contribution is -2.51. The molecule has 0 radical (unpaired) electrons. The van der Waals surface area contributed by atoms with Crippen molar-refractivity contribution in [3.63, 3.8) is 0 Å². The number of carbonyl (C=O) groups excluding carboxylic acids is 1. The SMILES string of the molecule is CCC1(C(=O)N(CCC#N)C(C)C)CCNCC1. The molecule has 1 N–H and O–H groups in total. The van der Waals surface area contributed by atoms with Crippen molar-refractivity contribution in [2.45, 2.75) is 52.5 Å². The van der Waals surface area contributed by atoms with Crippen molar-refractivity contribution in [1.82, 2.24) is 10.2 Å². The summed E-state index contributed by atoms with van der Waals surface area (Å²) in [6.07, 6.45) is 3.14. The third-order valence-electron chi connectivity index (χ3n) is 4.04. The highest BCUT2D eigenvalue weighted by Crippen LogP contribution is 2.35. The Balaban J connectivity index is 2.82. The zero-order valence-corrected chi connectivity index (χ0v) is 11.8. The van der Waals surface area contributed by atoms with Crippen LogP contribution in [0, 0.1) is 16.7 Å². The topological polar surface area (TPSA) is 56.1 Å². The lowest BCUT2D eigenvalue weighted by molar-refractivity contribution is -0.146. The second-order valence-corrected chi connectivity index (χ2v) is 5.38. The van der Waals surface area contributed by atoms with Crippen LogP contribution in [0.1, 0.15) is 46.5 Å². The van der Waals surface area contributed by atoms with Crippen LogP contribution in [0.2, 0.25) is 0 Å². The number of carbonyl (C=O) groups is 1. The molecule has 0 spiro atoms. The zero-order valence-electron chi connectivity index (χ0n) is 11.8. The Morgan fingerprint density at radius 2 is 2.06 bits per heavy atom. The lowest BCUT2D eigenvalue weighted by atomic mass is 9.75. The van der Waals surface area contributed by atoms with Crippen molar-refractivity contribution in [1.29, 1.82) is 5.26 Å². The average molecular weight is 251 g/mol. The minimum absolute atomic E-state index is 0.171. The van der Waals surface area contributed by atoms with Gasteiger partial charge in [-0.2, -0.15) is 5.26 Å². The molecule has 1 fully saturated rings. The van der Waals surface area contributed by atoms with Gasteiger partial charge in [0.05, 0.1) is 17.9 Å². The van der Waals surface area contributed by atoms with Crippen LogP contribution in [0.15, 0.2) is 0 Å². The fourth-order valence-corrected chi connectivity index (χ4v) is 2.69. The van der Waals surface area contributed by atoms with E-state index in [0.29, 0.717) is 13.0 Å². The number of amides is 1. The first kappa shape index (κ1) is 15.0. The summed E-state index contributed by atoms with van der Waals surface area (Å²) in [5.41, 5.74) is -0.203. The van der Waals surface area contributed by atoms with Gasteiger partial charge in [-0.25, -0.2) is 0 Å². The van der Waals surface area contributed by atoms with E-state index in [2.05, 4.69) is 18.3 Å². The van der Waals surface area contributed by atoms with Crippen LogP contribution < -0.4 is 5.32 Å². The number of nitrogens with zero attached hydrogens (tertiary/aromatic N) is 2. The molecule has 18 heavy (non-hydrogen) atoms. The standard InChI is InChI=1S/C14H25N3O/c1-4-14(6-9-16-10-7-14)13(18)17(12(2)3)11-5-8-15/h12,16H,4-7,9-11H2,1-3H3. The minimum Gasteiger partial charge on any atom is -0.339 e. The van der Waals surface area contributed by atoms with Crippen LogP contribution >= 0.6 is 0 Å². The summed E-state index contributed by atoms with van der Waals surface area (Å²) in [4.78, 5) is 14.7. The molecule has 0 unspecified atom stereocenters. The molecule has 1 amide bonds. The maximum absolute atomic E-state index is 12.8. The van der Waals surface area contributed by atoms with Crippen molar-refractivity contribution >= 4 is 5.91 Å². The van der Waals surface area contributed by atoms with Gasteiger partial charge in [-0.05, 0) is 46.2 Å². The van der Waals surface area contributed by atoms with E-state index in [1.54, 1.807) is 0 Å². The fourth-order valence-electron chi connectivity index (χ4n) is 2.69. The maximum Gasteiger partial charge on any atom is 0.229 e. The molecule has 0 bridgehead atoms. The Hall–Kier alpha value is -1.08. The number of piperidine rings is 1. The lowest BCUT2D eigenvalue weighted by Gasteiger charge is -2.41. The zero-order chi connectivity index (χ0) is 13.6. The highest BCUT2D eigenvalue weighted by Gasteiger charge is 2.40.